The van der Waals surface area contributed by atoms with E-state index in [1.165, 1.54) is 6.08 Å². The number of aliphatic hydroxyl groups is 1. The number of carbonyl (C=O) groups is 5. The van der Waals surface area contributed by atoms with Crippen LogP contribution in [0.25, 0.3) is 0 Å². The number of fused-ring (bicyclic) bond motifs is 5. The molecule has 3 fully saturated rings. The molecule has 0 amide bonds. The van der Waals surface area contributed by atoms with Crippen LogP contribution in [-0.2, 0) is 28.7 Å². The number of aliphatic carboxylic acids is 1. The van der Waals surface area contributed by atoms with Gasteiger partial charge in [-0.2, -0.15) is 0 Å². The highest BCUT2D eigenvalue weighted by molar-refractivity contribution is 6.02. The molecule has 0 saturated heterocycles. The molecule has 0 radical (unpaired) electrons. The molecular weight excluding hydrogens is 440 g/mol. The number of hydrogen-bond donors (Lipinski definition) is 2. The normalized spacial score (nSPS) is 40.6. The highest BCUT2D eigenvalue weighted by Crippen LogP contribution is 2.67. The number of hydrogen-bond acceptors (Lipinski definition) is 7. The number of ether oxygens (including phenoxy) is 1. The summed E-state index contributed by atoms with van der Waals surface area (Å²) in [5.74, 6) is -3.55. The van der Waals surface area contributed by atoms with E-state index in [0.29, 0.717) is 19.3 Å². The van der Waals surface area contributed by atoms with Gasteiger partial charge < -0.3 is 14.9 Å². The Hall–Kier alpha value is -2.61. The number of carboxylic acid groups (broad SMARTS) is 1. The Morgan fingerprint density at radius 3 is 2.56 bits per heavy atom. The molecule has 0 bridgehead atoms. The van der Waals surface area contributed by atoms with Gasteiger partial charge in [-0.15, -0.1) is 0 Å². The summed E-state index contributed by atoms with van der Waals surface area (Å²) in [5, 5.41) is 20.5. The van der Waals surface area contributed by atoms with Gasteiger partial charge in [-0.3, -0.25) is 24.0 Å². The third-order valence-corrected chi connectivity index (χ3v) is 9.17. The number of ketones is 3. The summed E-state index contributed by atoms with van der Waals surface area (Å²) in [6, 6.07) is 0. The maximum absolute atomic E-state index is 13.6. The van der Waals surface area contributed by atoms with Crippen LogP contribution in [0.4, 0.5) is 0 Å². The standard InChI is InChI=1S/C26H32O8/c1-14-10-18-17-5-4-15-11-16(27)8-9-24(15,2)23(17)19(28)12-25(18,3)26(14,33)20(29)13-34-22(32)7-6-21(30)31/h8-9,11,14,17-18,23,33H,4-7,10,12-13H2,1-3H3,(H,30,31)/t14-,17+,18+,23+,24-,25-,26-/m0/s1. The molecule has 3 saturated carbocycles. The van der Waals surface area contributed by atoms with Gasteiger partial charge in [-0.1, -0.05) is 32.4 Å². The van der Waals surface area contributed by atoms with Gasteiger partial charge in [-0.25, -0.2) is 0 Å². The third-order valence-electron chi connectivity index (χ3n) is 9.17. The van der Waals surface area contributed by atoms with E-state index in [2.05, 4.69) is 0 Å². The molecule has 184 valence electrons. The summed E-state index contributed by atoms with van der Waals surface area (Å²) in [5.41, 5.74) is -2.39. The Morgan fingerprint density at radius 1 is 1.18 bits per heavy atom. The van der Waals surface area contributed by atoms with Crippen LogP contribution in [0.1, 0.15) is 59.3 Å². The highest BCUT2D eigenvalue weighted by Gasteiger charge is 2.70. The predicted molar refractivity (Wildman–Crippen MR) is 119 cm³/mol. The van der Waals surface area contributed by atoms with Crippen molar-refractivity contribution >= 4 is 29.3 Å². The van der Waals surface area contributed by atoms with Crippen molar-refractivity contribution in [3.8, 4) is 0 Å². The van der Waals surface area contributed by atoms with Crippen molar-refractivity contribution in [2.75, 3.05) is 6.61 Å². The Balaban J connectivity index is 1.58. The lowest BCUT2D eigenvalue weighted by Crippen LogP contribution is -2.62. The first-order chi connectivity index (χ1) is 15.8. The molecule has 0 spiro atoms. The van der Waals surface area contributed by atoms with E-state index in [1.807, 2.05) is 13.0 Å². The zero-order valence-corrected chi connectivity index (χ0v) is 19.8. The fourth-order valence-electron chi connectivity index (χ4n) is 7.50. The lowest BCUT2D eigenvalue weighted by Gasteiger charge is -2.56. The lowest BCUT2D eigenvalue weighted by molar-refractivity contribution is -0.176. The molecule has 0 unspecified atom stereocenters. The number of rotatable bonds is 6. The molecule has 0 aromatic rings. The van der Waals surface area contributed by atoms with Crippen molar-refractivity contribution in [1.82, 2.24) is 0 Å². The molecule has 4 rings (SSSR count). The number of esters is 1. The van der Waals surface area contributed by atoms with Gasteiger partial charge in [0, 0.05) is 23.2 Å². The summed E-state index contributed by atoms with van der Waals surface area (Å²) < 4.78 is 4.99. The molecule has 0 aliphatic heterocycles. The smallest absolute Gasteiger partial charge is 0.306 e. The topological polar surface area (TPSA) is 135 Å². The van der Waals surface area contributed by atoms with E-state index in [1.54, 1.807) is 19.9 Å². The van der Waals surface area contributed by atoms with Crippen LogP contribution < -0.4 is 0 Å². The van der Waals surface area contributed by atoms with E-state index in [0.717, 1.165) is 5.57 Å². The minimum atomic E-state index is -1.83. The molecule has 0 aromatic heterocycles. The van der Waals surface area contributed by atoms with Crippen LogP contribution in [0, 0.1) is 34.5 Å². The van der Waals surface area contributed by atoms with E-state index in [4.69, 9.17) is 9.84 Å². The van der Waals surface area contributed by atoms with Crippen LogP contribution >= 0.6 is 0 Å². The maximum atomic E-state index is 13.6. The van der Waals surface area contributed by atoms with Crippen LogP contribution in [-0.4, -0.2) is 51.7 Å². The molecule has 2 N–H and O–H groups in total. The molecule has 4 aliphatic carbocycles. The Bertz CT molecular complexity index is 1020. The summed E-state index contributed by atoms with van der Waals surface area (Å²) >= 11 is 0. The SMILES string of the molecule is C[C@H]1C[C@@H]2[C@H]3CCC4=CC(=O)C=C[C@]4(C)[C@H]3C(=O)C[C@]2(C)[C@@]1(O)C(=O)COC(=O)CCC(=O)O. The zero-order valence-electron chi connectivity index (χ0n) is 19.8. The first-order valence-corrected chi connectivity index (χ1v) is 11.9. The number of Topliss-reactive ketones (excluding diaryl/α,β-unsaturated/α-hetero) is 2. The lowest BCUT2D eigenvalue weighted by atomic mass is 9.46. The van der Waals surface area contributed by atoms with Gasteiger partial charge in [0.05, 0.1) is 12.8 Å². The minimum absolute atomic E-state index is 0.0189. The fourth-order valence-corrected chi connectivity index (χ4v) is 7.50. The Labute approximate surface area is 198 Å². The van der Waals surface area contributed by atoms with Gasteiger partial charge in [0.25, 0.3) is 0 Å². The van der Waals surface area contributed by atoms with Gasteiger partial charge in [0.1, 0.15) is 11.4 Å². The summed E-state index contributed by atoms with van der Waals surface area (Å²) in [6.45, 7) is 4.94. The number of allylic oxidation sites excluding steroid dienone is 4. The van der Waals surface area contributed by atoms with Crippen molar-refractivity contribution in [3.63, 3.8) is 0 Å². The van der Waals surface area contributed by atoms with Crippen molar-refractivity contribution in [1.29, 1.82) is 0 Å². The average Bonchev–Trinajstić information content (AvgIpc) is 2.97. The predicted octanol–water partition coefficient (Wildman–Crippen LogP) is 2.43. The molecule has 4 aliphatic rings. The molecule has 0 aromatic carbocycles. The molecule has 8 heteroatoms. The van der Waals surface area contributed by atoms with Crippen molar-refractivity contribution < 1.29 is 38.9 Å². The second kappa shape index (κ2) is 8.26. The first-order valence-electron chi connectivity index (χ1n) is 11.9. The zero-order chi connectivity index (χ0) is 25.1. The highest BCUT2D eigenvalue weighted by atomic mass is 16.5. The van der Waals surface area contributed by atoms with Gasteiger partial charge in [0.15, 0.2) is 12.4 Å². The largest absolute Gasteiger partial charge is 0.481 e. The molecule has 7 atom stereocenters. The molecule has 34 heavy (non-hydrogen) atoms. The van der Waals surface area contributed by atoms with Crippen LogP contribution in [0.3, 0.4) is 0 Å². The van der Waals surface area contributed by atoms with Crippen molar-refractivity contribution in [2.24, 2.45) is 34.5 Å². The second-order valence-electron chi connectivity index (χ2n) is 10.9. The minimum Gasteiger partial charge on any atom is -0.481 e. The fraction of sp³-hybridized carbons (Fsp3) is 0.654. The second-order valence-corrected chi connectivity index (χ2v) is 10.9. The first kappa shape index (κ1) is 24.5. The van der Waals surface area contributed by atoms with E-state index in [-0.39, 0.29) is 42.2 Å². The number of carboxylic acids is 1. The summed E-state index contributed by atoms with van der Waals surface area (Å²) in [4.78, 5) is 61.3. The van der Waals surface area contributed by atoms with Crippen molar-refractivity contribution in [3.05, 3.63) is 23.8 Å². The van der Waals surface area contributed by atoms with E-state index < -0.39 is 53.1 Å². The average molecular weight is 473 g/mol. The molecule has 0 heterocycles. The van der Waals surface area contributed by atoms with Gasteiger partial charge >= 0.3 is 11.9 Å². The van der Waals surface area contributed by atoms with Crippen LogP contribution in [0.2, 0.25) is 0 Å². The Morgan fingerprint density at radius 2 is 1.88 bits per heavy atom. The summed E-state index contributed by atoms with van der Waals surface area (Å²) in [7, 11) is 0. The quantitative estimate of drug-likeness (QED) is 0.563. The molecular formula is C26H32O8. The third kappa shape index (κ3) is 3.49. The van der Waals surface area contributed by atoms with E-state index in [9.17, 15) is 29.1 Å². The van der Waals surface area contributed by atoms with Gasteiger partial charge in [-0.05, 0) is 49.2 Å². The maximum Gasteiger partial charge on any atom is 0.306 e. The number of carbonyl (C=O) groups excluding carboxylic acids is 4. The monoisotopic (exact) mass is 472 g/mol. The Kier molecular flexibility index (Phi) is 5.95. The summed E-state index contributed by atoms with van der Waals surface area (Å²) in [6.07, 6.45) is 6.27. The van der Waals surface area contributed by atoms with Crippen LogP contribution in [0.15, 0.2) is 23.8 Å². The van der Waals surface area contributed by atoms with Gasteiger partial charge in [0.2, 0.25) is 5.78 Å². The molecule has 8 nitrogen and oxygen atoms in total. The van der Waals surface area contributed by atoms with Crippen molar-refractivity contribution in [2.45, 2.75) is 64.9 Å². The van der Waals surface area contributed by atoms with Crippen LogP contribution in [0.5, 0.6) is 0 Å². The van der Waals surface area contributed by atoms with E-state index >= 15 is 0 Å².